The molecule has 0 spiro atoms. The molecule has 0 N–H and O–H groups in total. The summed E-state index contributed by atoms with van der Waals surface area (Å²) in [5.41, 5.74) is 17.1. The second kappa shape index (κ2) is 11.0. The Balaban J connectivity index is 1.06. The van der Waals surface area contributed by atoms with Crippen molar-refractivity contribution >= 4 is 65.6 Å². The van der Waals surface area contributed by atoms with Crippen LogP contribution in [-0.4, -0.2) is 9.13 Å². The number of nitrogens with zero attached hydrogens (tertiary/aromatic N) is 2. The molecular weight excluding hydrogens is 669 g/mol. The predicted molar refractivity (Wildman–Crippen MR) is 231 cm³/mol. The van der Waals surface area contributed by atoms with Gasteiger partial charge in [0.05, 0.1) is 28.1 Å². The number of hydrogen-bond donors (Lipinski definition) is 0. The molecule has 0 saturated carbocycles. The first-order chi connectivity index (χ1) is 26.9. The highest BCUT2D eigenvalue weighted by Crippen LogP contribution is 2.52. The normalized spacial score (nSPS) is 16.0. The summed E-state index contributed by atoms with van der Waals surface area (Å²) >= 11 is 0. The van der Waals surface area contributed by atoms with Crippen molar-refractivity contribution in [2.45, 2.75) is 38.6 Å². The van der Waals surface area contributed by atoms with Crippen molar-refractivity contribution in [1.82, 2.24) is 9.13 Å². The average molecular weight is 707 g/mol. The fraction of sp³-hybridized carbons (Fsp3) is 0.115. The molecule has 0 radical (unpaired) electrons. The second-order valence-corrected chi connectivity index (χ2v) is 16.2. The third-order valence-electron chi connectivity index (χ3n) is 12.7. The van der Waals surface area contributed by atoms with E-state index in [-0.39, 0.29) is 11.5 Å². The van der Waals surface area contributed by atoms with Gasteiger partial charge < -0.3 is 13.6 Å². The lowest BCUT2D eigenvalue weighted by Crippen LogP contribution is -2.15. The minimum absolute atomic E-state index is 0.135. The average Bonchev–Trinajstić information content (AvgIpc) is 3.91. The number of aromatic nitrogens is 2. The molecule has 7 aromatic carbocycles. The van der Waals surface area contributed by atoms with Gasteiger partial charge in [-0.15, -0.1) is 0 Å². The molecule has 3 aromatic heterocycles. The van der Waals surface area contributed by atoms with Gasteiger partial charge in [-0.05, 0) is 107 Å². The number of para-hydroxylation sites is 2. The van der Waals surface area contributed by atoms with Gasteiger partial charge in [0.15, 0.2) is 0 Å². The highest BCUT2D eigenvalue weighted by molar-refractivity contribution is 6.17. The molecule has 0 bridgehead atoms. The monoisotopic (exact) mass is 706 g/mol. The third kappa shape index (κ3) is 4.27. The van der Waals surface area contributed by atoms with Gasteiger partial charge in [-0.2, -0.15) is 0 Å². The van der Waals surface area contributed by atoms with Crippen LogP contribution in [0, 0.1) is 6.92 Å². The lowest BCUT2D eigenvalue weighted by atomic mass is 9.82. The van der Waals surface area contributed by atoms with Crippen molar-refractivity contribution in [1.29, 1.82) is 0 Å². The van der Waals surface area contributed by atoms with Crippen LogP contribution >= 0.6 is 0 Å². The van der Waals surface area contributed by atoms with Crippen LogP contribution in [0.1, 0.15) is 43.0 Å². The van der Waals surface area contributed by atoms with Crippen LogP contribution in [0.25, 0.3) is 93.5 Å². The Labute approximate surface area is 319 Å². The Bertz CT molecular complexity index is 3340. The SMILES string of the molecule is Cc1cccc(-n2c3ccccc3c3cc4c(cc32)C(C)(C)c2ccc(-c3ccc5c6cc7c(cc6n(C6C=CC=CC6)c5c3)oc3ccccc37)cc2-4)c1. The topological polar surface area (TPSA) is 23.0 Å². The molecule has 1 unspecified atom stereocenters. The minimum Gasteiger partial charge on any atom is -0.456 e. The Morgan fingerprint density at radius 3 is 2.18 bits per heavy atom. The summed E-state index contributed by atoms with van der Waals surface area (Å²) in [5.74, 6) is 0. The molecule has 10 aromatic rings. The van der Waals surface area contributed by atoms with Crippen molar-refractivity contribution in [2.24, 2.45) is 0 Å². The second-order valence-electron chi connectivity index (χ2n) is 16.2. The first-order valence-corrected chi connectivity index (χ1v) is 19.4. The smallest absolute Gasteiger partial charge is 0.137 e. The molecule has 0 saturated heterocycles. The van der Waals surface area contributed by atoms with E-state index in [2.05, 4.69) is 182 Å². The first-order valence-electron chi connectivity index (χ1n) is 19.4. The number of allylic oxidation sites excluding steroid dienone is 4. The molecule has 3 heteroatoms. The summed E-state index contributed by atoms with van der Waals surface area (Å²) in [6.07, 6.45) is 9.91. The molecule has 2 aliphatic rings. The molecule has 262 valence electrons. The summed E-state index contributed by atoms with van der Waals surface area (Å²) < 4.78 is 11.4. The molecular formula is C52H38N2O. The van der Waals surface area contributed by atoms with Crippen molar-refractivity contribution in [3.8, 4) is 27.9 Å². The summed E-state index contributed by atoms with van der Waals surface area (Å²) in [7, 11) is 0. The maximum Gasteiger partial charge on any atom is 0.137 e. The predicted octanol–water partition coefficient (Wildman–Crippen LogP) is 14.1. The van der Waals surface area contributed by atoms with Crippen molar-refractivity contribution < 1.29 is 4.42 Å². The van der Waals surface area contributed by atoms with E-state index in [0.717, 1.165) is 23.0 Å². The quantitative estimate of drug-likeness (QED) is 0.179. The van der Waals surface area contributed by atoms with Crippen LogP contribution < -0.4 is 0 Å². The molecule has 0 aliphatic heterocycles. The molecule has 55 heavy (non-hydrogen) atoms. The van der Waals surface area contributed by atoms with Crippen LogP contribution in [-0.2, 0) is 5.41 Å². The van der Waals surface area contributed by atoms with Crippen molar-refractivity contribution in [3.63, 3.8) is 0 Å². The Morgan fingerprint density at radius 1 is 0.545 bits per heavy atom. The number of fused-ring (bicyclic) bond motifs is 12. The highest BCUT2D eigenvalue weighted by Gasteiger charge is 2.36. The van der Waals surface area contributed by atoms with Gasteiger partial charge in [0.2, 0.25) is 0 Å². The van der Waals surface area contributed by atoms with Crippen LogP contribution in [0.3, 0.4) is 0 Å². The minimum atomic E-state index is -0.135. The molecule has 0 amide bonds. The van der Waals surface area contributed by atoms with Crippen LogP contribution in [0.4, 0.5) is 0 Å². The number of hydrogen-bond acceptors (Lipinski definition) is 1. The van der Waals surface area contributed by atoms with E-state index in [1.165, 1.54) is 93.6 Å². The van der Waals surface area contributed by atoms with Gasteiger partial charge >= 0.3 is 0 Å². The Morgan fingerprint density at radius 2 is 1.31 bits per heavy atom. The molecule has 3 heterocycles. The van der Waals surface area contributed by atoms with E-state index < -0.39 is 0 Å². The fourth-order valence-corrected chi connectivity index (χ4v) is 10.00. The van der Waals surface area contributed by atoms with Crippen LogP contribution in [0.2, 0.25) is 0 Å². The zero-order chi connectivity index (χ0) is 36.6. The summed E-state index contributed by atoms with van der Waals surface area (Å²) in [6, 6.07) is 50.1. The van der Waals surface area contributed by atoms with E-state index in [1.54, 1.807) is 0 Å². The molecule has 12 rings (SSSR count). The number of rotatable bonds is 3. The summed E-state index contributed by atoms with van der Waals surface area (Å²) in [5, 5.41) is 7.45. The first kappa shape index (κ1) is 30.8. The van der Waals surface area contributed by atoms with Gasteiger partial charge in [-0.25, -0.2) is 0 Å². The molecule has 0 fully saturated rings. The van der Waals surface area contributed by atoms with Crippen molar-refractivity contribution in [2.75, 3.05) is 0 Å². The maximum atomic E-state index is 6.41. The van der Waals surface area contributed by atoms with E-state index in [0.29, 0.717) is 0 Å². The van der Waals surface area contributed by atoms with Gasteiger partial charge in [0, 0.05) is 49.5 Å². The number of aryl methyl sites for hydroxylation is 1. The van der Waals surface area contributed by atoms with Gasteiger partial charge in [0.25, 0.3) is 0 Å². The zero-order valence-electron chi connectivity index (χ0n) is 31.1. The number of benzene rings is 7. The third-order valence-corrected chi connectivity index (χ3v) is 12.7. The lowest BCUT2D eigenvalue weighted by molar-refractivity contribution is 0.645. The maximum absolute atomic E-state index is 6.41. The highest BCUT2D eigenvalue weighted by atomic mass is 16.3. The van der Waals surface area contributed by atoms with Gasteiger partial charge in [0.1, 0.15) is 11.2 Å². The standard InChI is InChI=1S/C52H38N2O/c1-31-12-11-15-35(24-31)54-46-18-9-7-16-36(46)41-27-40-39-25-32(21-23-44(39)52(2,3)45(40)29-48(41)54)33-20-22-37-42-28-43-38-17-8-10-19-50(38)55-51(43)30-49(42)53(47(37)26-33)34-13-5-4-6-14-34/h4-13,15-30,34H,14H2,1-3H3. The van der Waals surface area contributed by atoms with Crippen LogP contribution in [0.5, 0.6) is 0 Å². The summed E-state index contributed by atoms with van der Waals surface area (Å²) in [6.45, 7) is 6.95. The van der Waals surface area contributed by atoms with Gasteiger partial charge in [-0.3, -0.25) is 0 Å². The van der Waals surface area contributed by atoms with Crippen LogP contribution in [0.15, 0.2) is 162 Å². The molecule has 3 nitrogen and oxygen atoms in total. The van der Waals surface area contributed by atoms with E-state index in [9.17, 15) is 0 Å². The van der Waals surface area contributed by atoms with E-state index in [1.807, 2.05) is 6.07 Å². The summed E-state index contributed by atoms with van der Waals surface area (Å²) in [4.78, 5) is 0. The largest absolute Gasteiger partial charge is 0.456 e. The Hall–Kier alpha value is -6.58. The zero-order valence-corrected chi connectivity index (χ0v) is 31.1. The molecule has 2 aliphatic carbocycles. The molecule has 1 atom stereocenters. The Kier molecular flexibility index (Phi) is 6.16. The van der Waals surface area contributed by atoms with E-state index in [4.69, 9.17) is 4.42 Å². The van der Waals surface area contributed by atoms with Gasteiger partial charge in [-0.1, -0.05) is 111 Å². The van der Waals surface area contributed by atoms with E-state index >= 15 is 0 Å². The van der Waals surface area contributed by atoms with Crippen molar-refractivity contribution in [3.05, 3.63) is 174 Å². The fourth-order valence-electron chi connectivity index (χ4n) is 10.00. The number of furan rings is 1. The lowest BCUT2D eigenvalue weighted by Gasteiger charge is -2.22.